The van der Waals surface area contributed by atoms with E-state index in [0.29, 0.717) is 0 Å². The summed E-state index contributed by atoms with van der Waals surface area (Å²) in [6.07, 6.45) is 4.74. The van der Waals surface area contributed by atoms with E-state index >= 15 is 0 Å². The fraction of sp³-hybridized carbons (Fsp3) is 0.524. The third kappa shape index (κ3) is 5.53. The molecule has 27 heavy (non-hydrogen) atoms. The highest BCUT2D eigenvalue weighted by Gasteiger charge is 2.19. The van der Waals surface area contributed by atoms with Crippen molar-refractivity contribution in [1.29, 1.82) is 0 Å². The van der Waals surface area contributed by atoms with Crippen LogP contribution in [0.3, 0.4) is 0 Å². The summed E-state index contributed by atoms with van der Waals surface area (Å²) >= 11 is 1.68. The van der Waals surface area contributed by atoms with Gasteiger partial charge in [-0.05, 0) is 43.7 Å². The number of hydrogen-bond donors (Lipinski definition) is 1. The van der Waals surface area contributed by atoms with Crippen LogP contribution in [0.25, 0.3) is 0 Å². The Morgan fingerprint density at radius 1 is 1.41 bits per heavy atom. The highest BCUT2D eigenvalue weighted by molar-refractivity contribution is 7.09. The first-order valence-corrected chi connectivity index (χ1v) is 10.6. The molecular formula is C21H30N4OS. The lowest BCUT2D eigenvalue weighted by molar-refractivity contribution is 0.0397. The van der Waals surface area contributed by atoms with Gasteiger partial charge >= 0.3 is 0 Å². The average molecular weight is 387 g/mol. The molecule has 3 rings (SSSR count). The number of thiazole rings is 1. The van der Waals surface area contributed by atoms with E-state index in [4.69, 9.17) is 4.74 Å². The lowest BCUT2D eigenvalue weighted by Gasteiger charge is -2.26. The van der Waals surface area contributed by atoms with Gasteiger partial charge in [0.05, 0.1) is 23.4 Å². The Bertz CT molecular complexity index is 758. The third-order valence-electron chi connectivity index (χ3n) is 4.88. The van der Waals surface area contributed by atoms with Crippen molar-refractivity contribution in [1.82, 2.24) is 15.2 Å². The van der Waals surface area contributed by atoms with Crippen LogP contribution in [0.1, 0.15) is 47.2 Å². The predicted octanol–water partition coefficient (Wildman–Crippen LogP) is 3.94. The summed E-state index contributed by atoms with van der Waals surface area (Å²) in [5.74, 6) is 0.892. The fourth-order valence-electron chi connectivity index (χ4n) is 3.56. The Balaban J connectivity index is 1.39. The molecule has 1 unspecified atom stereocenters. The maximum absolute atomic E-state index is 6.18. The number of aliphatic imine (C=N–C) groups is 1. The Hall–Kier alpha value is -1.92. The van der Waals surface area contributed by atoms with Crippen LogP contribution in [0.4, 0.5) is 0 Å². The first-order valence-electron chi connectivity index (χ1n) is 9.69. The summed E-state index contributed by atoms with van der Waals surface area (Å²) in [5, 5.41) is 6.63. The maximum atomic E-state index is 6.18. The summed E-state index contributed by atoms with van der Waals surface area (Å²) < 4.78 is 6.18. The molecule has 1 aliphatic carbocycles. The van der Waals surface area contributed by atoms with Gasteiger partial charge in [0.15, 0.2) is 5.96 Å². The predicted molar refractivity (Wildman–Crippen MR) is 112 cm³/mol. The second kappa shape index (κ2) is 9.85. The minimum absolute atomic E-state index is 0.254. The number of ether oxygens (including phenoxy) is 1. The first-order chi connectivity index (χ1) is 13.2. The van der Waals surface area contributed by atoms with Gasteiger partial charge in [-0.15, -0.1) is 11.3 Å². The van der Waals surface area contributed by atoms with Crippen molar-refractivity contribution in [2.75, 3.05) is 27.2 Å². The SMILES string of the molecule is CN=C(NCCCOC1CCCc2ccccc21)N(C)Cc1csc(C)n1. The number of nitrogens with one attached hydrogen (secondary N) is 1. The van der Waals surface area contributed by atoms with Gasteiger partial charge in [0.25, 0.3) is 0 Å². The van der Waals surface area contributed by atoms with E-state index in [1.165, 1.54) is 24.0 Å². The molecule has 5 nitrogen and oxygen atoms in total. The number of aromatic nitrogens is 1. The highest BCUT2D eigenvalue weighted by atomic mass is 32.1. The minimum atomic E-state index is 0.254. The number of rotatable bonds is 7. The molecule has 1 aromatic heterocycles. The lowest BCUT2D eigenvalue weighted by atomic mass is 9.89. The van der Waals surface area contributed by atoms with Gasteiger partial charge in [0.1, 0.15) is 0 Å². The van der Waals surface area contributed by atoms with Gasteiger partial charge in [-0.25, -0.2) is 4.98 Å². The van der Waals surface area contributed by atoms with Gasteiger partial charge in [0.2, 0.25) is 0 Å². The van der Waals surface area contributed by atoms with E-state index in [1.807, 2.05) is 21.0 Å². The third-order valence-corrected chi connectivity index (χ3v) is 5.70. The molecule has 1 atom stereocenters. The molecule has 0 saturated carbocycles. The molecule has 2 aromatic rings. The zero-order valence-electron chi connectivity index (χ0n) is 16.6. The standard InChI is InChI=1S/C21H30N4OS/c1-16-24-18(15-27-16)14-25(3)21(22-2)23-12-7-13-26-20-11-6-9-17-8-4-5-10-19(17)20/h4-5,8,10,15,20H,6-7,9,11-14H2,1-3H3,(H,22,23). The fourth-order valence-corrected chi connectivity index (χ4v) is 4.17. The van der Waals surface area contributed by atoms with Gasteiger partial charge in [-0.2, -0.15) is 0 Å². The van der Waals surface area contributed by atoms with Crippen molar-refractivity contribution >= 4 is 17.3 Å². The molecule has 0 bridgehead atoms. The van der Waals surface area contributed by atoms with E-state index in [2.05, 4.69) is 49.8 Å². The monoisotopic (exact) mass is 386 g/mol. The van der Waals surface area contributed by atoms with Crippen molar-refractivity contribution in [3.05, 3.63) is 51.5 Å². The highest BCUT2D eigenvalue weighted by Crippen LogP contribution is 2.32. The van der Waals surface area contributed by atoms with Crippen LogP contribution in [0.15, 0.2) is 34.6 Å². The average Bonchev–Trinajstić information content (AvgIpc) is 3.09. The van der Waals surface area contributed by atoms with Gasteiger partial charge < -0.3 is 15.0 Å². The summed E-state index contributed by atoms with van der Waals surface area (Å²) in [6, 6.07) is 8.69. The summed E-state index contributed by atoms with van der Waals surface area (Å²) in [6.45, 7) is 4.41. The van der Waals surface area contributed by atoms with E-state index in [1.54, 1.807) is 11.3 Å². The summed E-state index contributed by atoms with van der Waals surface area (Å²) in [4.78, 5) is 11.0. The molecule has 0 amide bonds. The topological polar surface area (TPSA) is 49.8 Å². The number of fused-ring (bicyclic) bond motifs is 1. The smallest absolute Gasteiger partial charge is 0.193 e. The molecule has 1 aliphatic rings. The Morgan fingerprint density at radius 3 is 3.04 bits per heavy atom. The van der Waals surface area contributed by atoms with Crippen molar-refractivity contribution in [2.45, 2.75) is 45.3 Å². The van der Waals surface area contributed by atoms with Crippen LogP contribution in [0.5, 0.6) is 0 Å². The summed E-state index contributed by atoms with van der Waals surface area (Å²) in [5.41, 5.74) is 3.92. The number of nitrogens with zero attached hydrogens (tertiary/aromatic N) is 3. The van der Waals surface area contributed by atoms with E-state index in [-0.39, 0.29) is 6.10 Å². The van der Waals surface area contributed by atoms with Crippen molar-refractivity contribution in [3.63, 3.8) is 0 Å². The quantitative estimate of drug-likeness (QED) is 0.445. The molecule has 6 heteroatoms. The Morgan fingerprint density at radius 2 is 2.26 bits per heavy atom. The van der Waals surface area contributed by atoms with Crippen molar-refractivity contribution in [2.24, 2.45) is 4.99 Å². The first kappa shape index (κ1) is 19.8. The molecule has 1 N–H and O–H groups in total. The van der Waals surface area contributed by atoms with Crippen LogP contribution in [-0.4, -0.2) is 43.1 Å². The Labute approximate surface area is 166 Å². The van der Waals surface area contributed by atoms with E-state index < -0.39 is 0 Å². The normalized spacial score (nSPS) is 16.9. The van der Waals surface area contributed by atoms with E-state index in [0.717, 1.165) is 49.2 Å². The summed E-state index contributed by atoms with van der Waals surface area (Å²) in [7, 11) is 3.86. The minimum Gasteiger partial charge on any atom is -0.373 e. The van der Waals surface area contributed by atoms with Gasteiger partial charge in [-0.3, -0.25) is 4.99 Å². The van der Waals surface area contributed by atoms with Gasteiger partial charge in [-0.1, -0.05) is 24.3 Å². The second-order valence-corrected chi connectivity index (χ2v) is 8.05. The number of guanidine groups is 1. The van der Waals surface area contributed by atoms with Crippen LogP contribution >= 0.6 is 11.3 Å². The zero-order chi connectivity index (χ0) is 19.1. The largest absolute Gasteiger partial charge is 0.373 e. The maximum Gasteiger partial charge on any atom is 0.193 e. The van der Waals surface area contributed by atoms with Crippen molar-refractivity contribution in [3.8, 4) is 0 Å². The molecule has 0 spiro atoms. The molecule has 0 saturated heterocycles. The molecule has 1 heterocycles. The molecule has 0 radical (unpaired) electrons. The molecule has 146 valence electrons. The van der Waals surface area contributed by atoms with E-state index in [9.17, 15) is 0 Å². The van der Waals surface area contributed by atoms with Crippen LogP contribution in [0, 0.1) is 6.92 Å². The van der Waals surface area contributed by atoms with Crippen molar-refractivity contribution < 1.29 is 4.74 Å². The molecule has 0 fully saturated rings. The molecular weight excluding hydrogens is 356 g/mol. The number of hydrogen-bond acceptors (Lipinski definition) is 4. The van der Waals surface area contributed by atoms with Crippen LogP contribution in [0.2, 0.25) is 0 Å². The zero-order valence-corrected chi connectivity index (χ0v) is 17.4. The van der Waals surface area contributed by atoms with Crippen LogP contribution < -0.4 is 5.32 Å². The van der Waals surface area contributed by atoms with Crippen LogP contribution in [-0.2, 0) is 17.7 Å². The molecule has 1 aromatic carbocycles. The van der Waals surface area contributed by atoms with Gasteiger partial charge in [0, 0.05) is 32.6 Å². The molecule has 0 aliphatic heterocycles. The second-order valence-electron chi connectivity index (χ2n) is 6.99. The Kier molecular flexibility index (Phi) is 7.24. The number of aryl methyl sites for hydroxylation is 2. The lowest BCUT2D eigenvalue weighted by Crippen LogP contribution is -2.39. The number of benzene rings is 1.